The average Bonchev–Trinajstić information content (AvgIpc) is 2.83. The van der Waals surface area contributed by atoms with Crippen molar-refractivity contribution >= 4 is 16.7 Å². The number of nitrogens with zero attached hydrogens (tertiary/aromatic N) is 1. The monoisotopic (exact) mass is 255 g/mol. The average molecular weight is 255 g/mol. The highest BCUT2D eigenvalue weighted by Gasteiger charge is 2.05. The van der Waals surface area contributed by atoms with E-state index in [1.165, 1.54) is 12.1 Å². The van der Waals surface area contributed by atoms with E-state index in [1.54, 1.807) is 12.3 Å². The SMILES string of the molecule is Cc1ccc(F)cc1NCc1c[nH]c2ncccc12. The summed E-state index contributed by atoms with van der Waals surface area (Å²) in [6.07, 6.45) is 3.69. The molecule has 0 fully saturated rings. The molecule has 96 valence electrons. The molecule has 3 nitrogen and oxygen atoms in total. The summed E-state index contributed by atoms with van der Waals surface area (Å²) in [6.45, 7) is 2.59. The molecule has 2 N–H and O–H groups in total. The van der Waals surface area contributed by atoms with Gasteiger partial charge in [0.2, 0.25) is 0 Å². The number of aromatic amines is 1. The van der Waals surface area contributed by atoms with Crippen molar-refractivity contribution in [1.82, 2.24) is 9.97 Å². The molecule has 0 aliphatic carbocycles. The highest BCUT2D eigenvalue weighted by Crippen LogP contribution is 2.20. The lowest BCUT2D eigenvalue weighted by molar-refractivity contribution is 0.628. The van der Waals surface area contributed by atoms with Crippen LogP contribution in [0.2, 0.25) is 0 Å². The number of nitrogens with one attached hydrogen (secondary N) is 2. The van der Waals surface area contributed by atoms with Gasteiger partial charge in [-0.15, -0.1) is 0 Å². The number of rotatable bonds is 3. The molecule has 0 saturated carbocycles. The fourth-order valence-corrected chi connectivity index (χ4v) is 2.13. The van der Waals surface area contributed by atoms with Crippen molar-refractivity contribution in [2.24, 2.45) is 0 Å². The van der Waals surface area contributed by atoms with Crippen molar-refractivity contribution in [3.8, 4) is 0 Å². The maximum absolute atomic E-state index is 13.2. The maximum atomic E-state index is 13.2. The number of aromatic nitrogens is 2. The van der Waals surface area contributed by atoms with E-state index in [9.17, 15) is 4.39 Å². The van der Waals surface area contributed by atoms with Gasteiger partial charge in [0.25, 0.3) is 0 Å². The van der Waals surface area contributed by atoms with E-state index in [0.29, 0.717) is 6.54 Å². The summed E-state index contributed by atoms with van der Waals surface area (Å²) in [4.78, 5) is 7.37. The van der Waals surface area contributed by atoms with Gasteiger partial charge in [0, 0.05) is 30.0 Å². The summed E-state index contributed by atoms with van der Waals surface area (Å²) in [7, 11) is 0. The van der Waals surface area contributed by atoms with Gasteiger partial charge < -0.3 is 10.3 Å². The molecule has 3 aromatic rings. The molecule has 0 atom stereocenters. The number of pyridine rings is 1. The molecule has 0 aliphatic heterocycles. The first-order chi connectivity index (χ1) is 9.24. The van der Waals surface area contributed by atoms with Gasteiger partial charge in [-0.25, -0.2) is 9.37 Å². The number of H-pyrrole nitrogens is 1. The van der Waals surface area contributed by atoms with E-state index in [0.717, 1.165) is 27.8 Å². The van der Waals surface area contributed by atoms with Crippen molar-refractivity contribution in [3.05, 3.63) is 59.7 Å². The van der Waals surface area contributed by atoms with Crippen molar-refractivity contribution in [1.29, 1.82) is 0 Å². The van der Waals surface area contributed by atoms with Crippen LogP contribution in [0.15, 0.2) is 42.7 Å². The molecule has 0 aliphatic rings. The van der Waals surface area contributed by atoms with Crippen LogP contribution in [0.5, 0.6) is 0 Å². The molecule has 4 heteroatoms. The Morgan fingerprint density at radius 1 is 1.32 bits per heavy atom. The van der Waals surface area contributed by atoms with E-state index in [-0.39, 0.29) is 5.82 Å². The molecule has 0 spiro atoms. The lowest BCUT2D eigenvalue weighted by Gasteiger charge is -2.09. The third-order valence-electron chi connectivity index (χ3n) is 3.21. The zero-order valence-corrected chi connectivity index (χ0v) is 10.6. The van der Waals surface area contributed by atoms with Crippen molar-refractivity contribution in [2.45, 2.75) is 13.5 Å². The van der Waals surface area contributed by atoms with Crippen LogP contribution in [-0.2, 0) is 6.54 Å². The van der Waals surface area contributed by atoms with Crippen molar-refractivity contribution < 1.29 is 4.39 Å². The van der Waals surface area contributed by atoms with Crippen LogP contribution in [0.4, 0.5) is 10.1 Å². The minimum Gasteiger partial charge on any atom is -0.381 e. The van der Waals surface area contributed by atoms with Gasteiger partial charge in [0.1, 0.15) is 11.5 Å². The van der Waals surface area contributed by atoms with E-state index >= 15 is 0 Å². The lowest BCUT2D eigenvalue weighted by Crippen LogP contribution is -2.00. The van der Waals surface area contributed by atoms with Crippen LogP contribution in [0.3, 0.4) is 0 Å². The first kappa shape index (κ1) is 11.7. The van der Waals surface area contributed by atoms with Crippen LogP contribution in [-0.4, -0.2) is 9.97 Å². The number of halogens is 1. The quantitative estimate of drug-likeness (QED) is 0.750. The second-order valence-corrected chi connectivity index (χ2v) is 4.53. The topological polar surface area (TPSA) is 40.7 Å². The van der Waals surface area contributed by atoms with Gasteiger partial charge in [-0.05, 0) is 42.3 Å². The molecule has 0 saturated heterocycles. The highest BCUT2D eigenvalue weighted by molar-refractivity contribution is 5.79. The Balaban J connectivity index is 1.84. The first-order valence-electron chi connectivity index (χ1n) is 6.15. The molecule has 0 amide bonds. The molecular weight excluding hydrogens is 241 g/mol. The zero-order chi connectivity index (χ0) is 13.2. The molecule has 2 aromatic heterocycles. The van der Waals surface area contributed by atoms with Gasteiger partial charge in [0.15, 0.2) is 0 Å². The fraction of sp³-hybridized carbons (Fsp3) is 0.133. The van der Waals surface area contributed by atoms with Gasteiger partial charge in [-0.2, -0.15) is 0 Å². The Bertz CT molecular complexity index is 718. The number of aryl methyl sites for hydroxylation is 1. The van der Waals surface area contributed by atoms with Gasteiger partial charge in [-0.1, -0.05) is 6.07 Å². The summed E-state index contributed by atoms with van der Waals surface area (Å²) >= 11 is 0. The normalized spacial score (nSPS) is 10.8. The molecule has 2 heterocycles. The minimum absolute atomic E-state index is 0.228. The van der Waals surface area contributed by atoms with Gasteiger partial charge >= 0.3 is 0 Å². The second kappa shape index (κ2) is 4.72. The maximum Gasteiger partial charge on any atom is 0.137 e. The molecule has 0 radical (unpaired) electrons. The Morgan fingerprint density at radius 2 is 2.21 bits per heavy atom. The number of hydrogen-bond donors (Lipinski definition) is 2. The molecule has 3 rings (SSSR count). The number of anilines is 1. The van der Waals surface area contributed by atoms with Crippen LogP contribution in [0.25, 0.3) is 11.0 Å². The third-order valence-corrected chi connectivity index (χ3v) is 3.21. The number of fused-ring (bicyclic) bond motifs is 1. The Morgan fingerprint density at radius 3 is 3.11 bits per heavy atom. The van der Waals surface area contributed by atoms with Crippen molar-refractivity contribution in [2.75, 3.05) is 5.32 Å². The number of hydrogen-bond acceptors (Lipinski definition) is 2. The summed E-state index contributed by atoms with van der Waals surface area (Å²) in [5.41, 5.74) is 3.83. The van der Waals surface area contributed by atoms with Crippen molar-refractivity contribution in [3.63, 3.8) is 0 Å². The Hall–Kier alpha value is -2.36. The summed E-state index contributed by atoms with van der Waals surface area (Å²) in [6, 6.07) is 8.69. The Labute approximate surface area is 110 Å². The third kappa shape index (κ3) is 2.29. The standard InChI is InChI=1S/C15H14FN3/c1-10-4-5-12(16)7-14(10)18-8-11-9-19-15-13(11)3-2-6-17-15/h2-7,9,18H,8H2,1H3,(H,17,19). The molecular formula is C15H14FN3. The van der Waals surface area contributed by atoms with E-state index in [2.05, 4.69) is 15.3 Å². The van der Waals surface area contributed by atoms with Crippen LogP contribution in [0.1, 0.15) is 11.1 Å². The smallest absolute Gasteiger partial charge is 0.137 e. The van der Waals surface area contributed by atoms with Crippen LogP contribution < -0.4 is 5.32 Å². The minimum atomic E-state index is -0.228. The largest absolute Gasteiger partial charge is 0.381 e. The first-order valence-corrected chi connectivity index (χ1v) is 6.15. The molecule has 1 aromatic carbocycles. The van der Waals surface area contributed by atoms with Gasteiger partial charge in [0.05, 0.1) is 0 Å². The predicted molar refractivity (Wildman–Crippen MR) is 74.6 cm³/mol. The van der Waals surface area contributed by atoms with Gasteiger partial charge in [-0.3, -0.25) is 0 Å². The molecule has 0 unspecified atom stereocenters. The van der Waals surface area contributed by atoms with E-state index in [4.69, 9.17) is 0 Å². The van der Waals surface area contributed by atoms with Crippen LogP contribution >= 0.6 is 0 Å². The molecule has 19 heavy (non-hydrogen) atoms. The number of benzene rings is 1. The predicted octanol–water partition coefficient (Wildman–Crippen LogP) is 3.62. The second-order valence-electron chi connectivity index (χ2n) is 4.53. The highest BCUT2D eigenvalue weighted by atomic mass is 19.1. The summed E-state index contributed by atoms with van der Waals surface area (Å²) < 4.78 is 13.2. The van der Waals surface area contributed by atoms with Crippen LogP contribution in [0, 0.1) is 12.7 Å². The van der Waals surface area contributed by atoms with E-state index < -0.39 is 0 Å². The summed E-state index contributed by atoms with van der Waals surface area (Å²) in [5.74, 6) is -0.228. The fourth-order valence-electron chi connectivity index (χ4n) is 2.13. The molecule has 0 bridgehead atoms. The Kier molecular flexibility index (Phi) is 2.91. The van der Waals surface area contributed by atoms with E-state index in [1.807, 2.05) is 25.3 Å². The summed E-state index contributed by atoms with van der Waals surface area (Å²) in [5, 5.41) is 4.35. The zero-order valence-electron chi connectivity index (χ0n) is 10.6. The lowest BCUT2D eigenvalue weighted by atomic mass is 10.1.